The molecule has 0 spiro atoms. The standard InChI is InChI=1S/C61H112O6/c1-4-7-10-13-16-19-22-25-27-29-30-32-34-37-40-43-46-49-52-55-61(64)67-58(56-65-59(62)53-50-47-44-41-38-35-24-21-18-15-12-9-6-3)57-66-60(63)54-51-48-45-42-39-36-33-31-28-26-23-20-17-14-11-8-5-2/h21,24-28,58H,4-20,22-23,29-57H2,1-3H3/b24-21-,27-25-,28-26-/t58-/m0/s1. The maximum atomic E-state index is 12.9. The van der Waals surface area contributed by atoms with Crippen molar-refractivity contribution in [3.8, 4) is 0 Å². The number of hydrogen-bond donors (Lipinski definition) is 0. The first-order valence-electron chi connectivity index (χ1n) is 29.5. The molecule has 0 amide bonds. The summed E-state index contributed by atoms with van der Waals surface area (Å²) < 4.78 is 16.9. The van der Waals surface area contributed by atoms with Gasteiger partial charge in [0.2, 0.25) is 0 Å². The number of hydrogen-bond acceptors (Lipinski definition) is 6. The zero-order valence-electron chi connectivity index (χ0n) is 44.9. The van der Waals surface area contributed by atoms with Crippen LogP contribution in [0.5, 0.6) is 0 Å². The predicted molar refractivity (Wildman–Crippen MR) is 289 cm³/mol. The molecule has 392 valence electrons. The molecule has 0 rings (SSSR count). The Bertz CT molecular complexity index is 1130. The average molecular weight is 942 g/mol. The first-order valence-corrected chi connectivity index (χ1v) is 29.5. The van der Waals surface area contributed by atoms with E-state index in [1.807, 2.05) is 0 Å². The topological polar surface area (TPSA) is 78.9 Å². The molecule has 0 saturated carbocycles. The number of unbranched alkanes of at least 4 members (excludes halogenated alkanes) is 37. The lowest BCUT2D eigenvalue weighted by Gasteiger charge is -2.18. The first-order chi connectivity index (χ1) is 33.0. The van der Waals surface area contributed by atoms with Crippen molar-refractivity contribution in [2.45, 2.75) is 322 Å². The summed E-state index contributed by atoms with van der Waals surface area (Å²) in [6, 6.07) is 0. The minimum atomic E-state index is -0.777. The van der Waals surface area contributed by atoms with Crippen molar-refractivity contribution in [3.05, 3.63) is 36.5 Å². The first kappa shape index (κ1) is 64.6. The molecule has 0 aliphatic rings. The lowest BCUT2D eigenvalue weighted by Crippen LogP contribution is -2.30. The summed E-state index contributed by atoms with van der Waals surface area (Å²) in [7, 11) is 0. The number of carbonyl (C=O) groups excluding carboxylic acids is 3. The third-order valence-corrected chi connectivity index (χ3v) is 13.1. The second-order valence-corrected chi connectivity index (χ2v) is 19.9. The van der Waals surface area contributed by atoms with Gasteiger partial charge in [0.1, 0.15) is 13.2 Å². The van der Waals surface area contributed by atoms with E-state index < -0.39 is 6.10 Å². The molecule has 1 atom stereocenters. The smallest absolute Gasteiger partial charge is 0.306 e. The summed E-state index contributed by atoms with van der Waals surface area (Å²) in [5.41, 5.74) is 0. The molecule has 6 nitrogen and oxygen atoms in total. The number of rotatable bonds is 54. The van der Waals surface area contributed by atoms with E-state index in [4.69, 9.17) is 14.2 Å². The summed E-state index contributed by atoms with van der Waals surface area (Å²) in [5.74, 6) is -0.874. The second-order valence-electron chi connectivity index (χ2n) is 19.9. The molecular weight excluding hydrogens is 829 g/mol. The molecule has 6 heteroatoms. The summed E-state index contributed by atoms with van der Waals surface area (Å²) in [4.78, 5) is 38.2. The highest BCUT2D eigenvalue weighted by atomic mass is 16.6. The van der Waals surface area contributed by atoms with Crippen LogP contribution in [0.3, 0.4) is 0 Å². The molecule has 0 heterocycles. The molecule has 0 N–H and O–H groups in total. The summed E-state index contributed by atoms with van der Waals surface area (Å²) in [6.07, 6.45) is 67.0. The van der Waals surface area contributed by atoms with Gasteiger partial charge in [-0.2, -0.15) is 0 Å². The van der Waals surface area contributed by atoms with Crippen LogP contribution in [0, 0.1) is 0 Å². The molecule has 0 unspecified atom stereocenters. The highest BCUT2D eigenvalue weighted by Crippen LogP contribution is 2.16. The van der Waals surface area contributed by atoms with Gasteiger partial charge in [-0.25, -0.2) is 0 Å². The van der Waals surface area contributed by atoms with Crippen LogP contribution in [0.15, 0.2) is 36.5 Å². The van der Waals surface area contributed by atoms with E-state index >= 15 is 0 Å². The quantitative estimate of drug-likeness (QED) is 0.0262. The molecule has 0 saturated heterocycles. The van der Waals surface area contributed by atoms with Gasteiger partial charge in [0.25, 0.3) is 0 Å². The van der Waals surface area contributed by atoms with Crippen LogP contribution in [-0.4, -0.2) is 37.2 Å². The highest BCUT2D eigenvalue weighted by molar-refractivity contribution is 5.71. The van der Waals surface area contributed by atoms with E-state index in [2.05, 4.69) is 57.2 Å². The fourth-order valence-electron chi connectivity index (χ4n) is 8.60. The number of carbonyl (C=O) groups is 3. The molecule has 0 fully saturated rings. The molecule has 0 bridgehead atoms. The summed E-state index contributed by atoms with van der Waals surface area (Å²) in [5, 5.41) is 0. The van der Waals surface area contributed by atoms with Crippen molar-refractivity contribution in [3.63, 3.8) is 0 Å². The molecule has 0 radical (unpaired) electrons. The zero-order valence-corrected chi connectivity index (χ0v) is 44.9. The minimum absolute atomic E-state index is 0.0755. The third kappa shape index (κ3) is 54.4. The van der Waals surface area contributed by atoms with Gasteiger partial charge < -0.3 is 14.2 Å². The molecule has 0 aliphatic carbocycles. The van der Waals surface area contributed by atoms with Gasteiger partial charge >= 0.3 is 17.9 Å². The Hall–Kier alpha value is -2.37. The van der Waals surface area contributed by atoms with Gasteiger partial charge in [0.15, 0.2) is 6.10 Å². The van der Waals surface area contributed by atoms with Crippen molar-refractivity contribution in [1.29, 1.82) is 0 Å². The van der Waals surface area contributed by atoms with Crippen molar-refractivity contribution in [2.75, 3.05) is 13.2 Å². The van der Waals surface area contributed by atoms with Crippen LogP contribution in [-0.2, 0) is 28.6 Å². The van der Waals surface area contributed by atoms with E-state index in [9.17, 15) is 14.4 Å². The Morgan fingerprint density at radius 1 is 0.284 bits per heavy atom. The number of esters is 3. The SMILES string of the molecule is CCCCCC/C=C\CCCCCCCC(=O)OC[C@@H](COC(=O)CCCCCCCCC/C=C\CCCCCCCC)OC(=O)CCCCCCCCCCC/C=C\CCCCCCCC. The molecule has 67 heavy (non-hydrogen) atoms. The average Bonchev–Trinajstić information content (AvgIpc) is 3.33. The van der Waals surface area contributed by atoms with Crippen LogP contribution >= 0.6 is 0 Å². The second kappa shape index (κ2) is 56.2. The largest absolute Gasteiger partial charge is 0.462 e. The Kier molecular flexibility index (Phi) is 54.2. The van der Waals surface area contributed by atoms with Gasteiger partial charge in [-0.3, -0.25) is 14.4 Å². The van der Waals surface area contributed by atoms with Gasteiger partial charge in [-0.05, 0) is 96.3 Å². The van der Waals surface area contributed by atoms with Gasteiger partial charge in [-0.1, -0.05) is 237 Å². The van der Waals surface area contributed by atoms with Crippen molar-refractivity contribution >= 4 is 17.9 Å². The van der Waals surface area contributed by atoms with Crippen LogP contribution in [0.2, 0.25) is 0 Å². The van der Waals surface area contributed by atoms with E-state index in [1.54, 1.807) is 0 Å². The minimum Gasteiger partial charge on any atom is -0.462 e. The monoisotopic (exact) mass is 941 g/mol. The maximum Gasteiger partial charge on any atom is 0.306 e. The Morgan fingerprint density at radius 3 is 0.761 bits per heavy atom. The normalized spacial score (nSPS) is 12.2. The molecule has 0 aromatic carbocycles. The molecule has 0 aromatic heterocycles. The third-order valence-electron chi connectivity index (χ3n) is 13.1. The van der Waals surface area contributed by atoms with E-state index in [-0.39, 0.29) is 31.1 Å². The highest BCUT2D eigenvalue weighted by Gasteiger charge is 2.19. The predicted octanol–water partition coefficient (Wildman–Crippen LogP) is 19.7. The van der Waals surface area contributed by atoms with Crippen LogP contribution in [0.25, 0.3) is 0 Å². The zero-order chi connectivity index (χ0) is 48.6. The lowest BCUT2D eigenvalue weighted by atomic mass is 10.1. The van der Waals surface area contributed by atoms with E-state index in [0.717, 1.165) is 64.2 Å². The lowest BCUT2D eigenvalue weighted by molar-refractivity contribution is -0.167. The fourth-order valence-corrected chi connectivity index (χ4v) is 8.60. The number of ether oxygens (including phenoxy) is 3. The van der Waals surface area contributed by atoms with Crippen LogP contribution in [0.1, 0.15) is 316 Å². The maximum absolute atomic E-state index is 12.9. The van der Waals surface area contributed by atoms with Crippen molar-refractivity contribution in [2.24, 2.45) is 0 Å². The van der Waals surface area contributed by atoms with Gasteiger partial charge in [0, 0.05) is 19.3 Å². The molecule has 0 aromatic rings. The van der Waals surface area contributed by atoms with Gasteiger partial charge in [0.05, 0.1) is 0 Å². The van der Waals surface area contributed by atoms with Crippen LogP contribution < -0.4 is 0 Å². The number of allylic oxidation sites excluding steroid dienone is 6. The Morgan fingerprint density at radius 2 is 0.493 bits per heavy atom. The van der Waals surface area contributed by atoms with Gasteiger partial charge in [-0.15, -0.1) is 0 Å². The Labute approximate surface area is 416 Å². The fraction of sp³-hybridized carbons (Fsp3) is 0.852. The van der Waals surface area contributed by atoms with Crippen molar-refractivity contribution in [1.82, 2.24) is 0 Å². The van der Waals surface area contributed by atoms with Crippen LogP contribution in [0.4, 0.5) is 0 Å². The molecule has 0 aliphatic heterocycles. The van der Waals surface area contributed by atoms with E-state index in [1.165, 1.54) is 212 Å². The molecular formula is C61H112O6. The summed E-state index contributed by atoms with van der Waals surface area (Å²) in [6.45, 7) is 6.64. The van der Waals surface area contributed by atoms with E-state index in [0.29, 0.717) is 19.3 Å². The Balaban J connectivity index is 4.34. The van der Waals surface area contributed by atoms with Crippen molar-refractivity contribution < 1.29 is 28.6 Å². The summed E-state index contributed by atoms with van der Waals surface area (Å²) >= 11 is 0.